The maximum Gasteiger partial charge on any atom is 0.325 e. The van der Waals surface area contributed by atoms with Crippen molar-refractivity contribution in [3.05, 3.63) is 59.7 Å². The van der Waals surface area contributed by atoms with Gasteiger partial charge >= 0.3 is 5.37 Å². The van der Waals surface area contributed by atoms with E-state index >= 15 is 0 Å². The van der Waals surface area contributed by atoms with E-state index in [9.17, 15) is 4.79 Å². The number of carbonyl (C=O) groups excluding carboxylic acids is 1. The van der Waals surface area contributed by atoms with Crippen LogP contribution in [0.4, 0.5) is 16.2 Å². The topological polar surface area (TPSA) is 20.3 Å². The smallest absolute Gasteiger partial charge is 0.268 e. The molecule has 0 aromatic heterocycles. The van der Waals surface area contributed by atoms with Crippen LogP contribution in [0.5, 0.6) is 0 Å². The zero-order valence-electron chi connectivity index (χ0n) is 10.4. The van der Waals surface area contributed by atoms with Crippen LogP contribution in [0.15, 0.2) is 48.5 Å². The Hall–Kier alpha value is -1.80. The molecular weight excluding hydrogens is 246 g/mol. The van der Waals surface area contributed by atoms with Gasteiger partial charge in [0, 0.05) is 0 Å². The number of rotatable bonds is 2. The third-order valence-corrected chi connectivity index (χ3v) is 2.82. The van der Waals surface area contributed by atoms with Crippen molar-refractivity contribution in [3.63, 3.8) is 0 Å². The molecule has 0 heterocycles. The fraction of sp³-hybridized carbons (Fsp3) is 0.133. The molecule has 0 saturated carbocycles. The predicted octanol–water partition coefficient (Wildman–Crippen LogP) is 4.80. The molecule has 0 bridgehead atoms. The molecular formula is C15H14ClNO. The lowest BCUT2D eigenvalue weighted by Gasteiger charge is -2.20. The third kappa shape index (κ3) is 2.71. The molecule has 18 heavy (non-hydrogen) atoms. The van der Waals surface area contributed by atoms with Gasteiger partial charge in [-0.2, -0.15) is 0 Å². The molecule has 0 unspecified atom stereocenters. The quantitative estimate of drug-likeness (QED) is 0.560. The molecule has 0 spiro atoms. The van der Waals surface area contributed by atoms with Crippen molar-refractivity contribution < 1.29 is 4.79 Å². The van der Waals surface area contributed by atoms with Crippen LogP contribution in [-0.2, 0) is 0 Å². The molecule has 3 heteroatoms. The maximum atomic E-state index is 11.7. The van der Waals surface area contributed by atoms with Crippen LogP contribution in [0, 0.1) is 13.8 Å². The van der Waals surface area contributed by atoms with E-state index in [0.717, 1.165) is 22.5 Å². The first-order chi connectivity index (χ1) is 8.58. The van der Waals surface area contributed by atoms with E-state index in [0.29, 0.717) is 0 Å². The van der Waals surface area contributed by atoms with Crippen molar-refractivity contribution in [2.24, 2.45) is 0 Å². The first-order valence-corrected chi connectivity index (χ1v) is 6.08. The summed E-state index contributed by atoms with van der Waals surface area (Å²) in [5.74, 6) is 0. The van der Waals surface area contributed by atoms with Gasteiger partial charge < -0.3 is 0 Å². The molecule has 2 aromatic carbocycles. The summed E-state index contributed by atoms with van der Waals surface area (Å²) in [5.41, 5.74) is 3.76. The van der Waals surface area contributed by atoms with Gasteiger partial charge in [0.15, 0.2) is 0 Å². The van der Waals surface area contributed by atoms with Crippen LogP contribution < -0.4 is 4.90 Å². The largest absolute Gasteiger partial charge is 0.325 e. The van der Waals surface area contributed by atoms with E-state index in [1.165, 1.54) is 4.90 Å². The van der Waals surface area contributed by atoms with Crippen molar-refractivity contribution in [1.29, 1.82) is 0 Å². The molecule has 1 amide bonds. The number of hydrogen-bond acceptors (Lipinski definition) is 1. The van der Waals surface area contributed by atoms with Crippen LogP contribution >= 0.6 is 11.6 Å². The Balaban J connectivity index is 2.52. The minimum Gasteiger partial charge on any atom is -0.268 e. The summed E-state index contributed by atoms with van der Waals surface area (Å²) in [7, 11) is 0. The van der Waals surface area contributed by atoms with Gasteiger partial charge in [0.1, 0.15) is 0 Å². The highest BCUT2D eigenvalue weighted by molar-refractivity contribution is 6.66. The molecule has 2 rings (SSSR count). The fourth-order valence-corrected chi connectivity index (χ4v) is 2.20. The molecule has 0 fully saturated rings. The number of amides is 1. The lowest BCUT2D eigenvalue weighted by Crippen LogP contribution is -2.19. The number of aryl methyl sites for hydroxylation is 2. The van der Waals surface area contributed by atoms with E-state index in [4.69, 9.17) is 11.6 Å². The van der Waals surface area contributed by atoms with E-state index in [-0.39, 0.29) is 0 Å². The molecule has 2 nitrogen and oxygen atoms in total. The van der Waals surface area contributed by atoms with Crippen LogP contribution in [0.25, 0.3) is 0 Å². The summed E-state index contributed by atoms with van der Waals surface area (Å²) in [6, 6.07) is 15.3. The van der Waals surface area contributed by atoms with E-state index in [1.807, 2.05) is 56.3 Å². The zero-order chi connectivity index (χ0) is 13.1. The average molecular weight is 260 g/mol. The first-order valence-electron chi connectivity index (χ1n) is 5.71. The highest BCUT2D eigenvalue weighted by Crippen LogP contribution is 2.28. The average Bonchev–Trinajstić information content (AvgIpc) is 2.28. The van der Waals surface area contributed by atoms with E-state index in [2.05, 4.69) is 6.07 Å². The van der Waals surface area contributed by atoms with Gasteiger partial charge in [-0.15, -0.1) is 0 Å². The van der Waals surface area contributed by atoms with Crippen molar-refractivity contribution in [2.45, 2.75) is 13.8 Å². The lowest BCUT2D eigenvalue weighted by molar-refractivity contribution is 0.266. The number of carbonyl (C=O) groups is 1. The molecule has 0 aliphatic carbocycles. The Labute approximate surface area is 112 Å². The molecule has 0 aliphatic rings. The Morgan fingerprint density at radius 1 is 0.944 bits per heavy atom. The minimum absolute atomic E-state index is 0.508. The van der Waals surface area contributed by atoms with Crippen LogP contribution in [0.2, 0.25) is 0 Å². The summed E-state index contributed by atoms with van der Waals surface area (Å²) in [6.07, 6.45) is 0. The molecule has 0 radical (unpaired) electrons. The van der Waals surface area contributed by atoms with Crippen LogP contribution in [0.3, 0.4) is 0 Å². The summed E-state index contributed by atoms with van der Waals surface area (Å²) in [5, 5.41) is -0.508. The van der Waals surface area contributed by atoms with E-state index in [1.54, 1.807) is 0 Å². The van der Waals surface area contributed by atoms with E-state index < -0.39 is 5.37 Å². The normalized spacial score (nSPS) is 10.2. The summed E-state index contributed by atoms with van der Waals surface area (Å²) in [4.78, 5) is 13.2. The Bertz CT molecular complexity index is 546. The number of anilines is 2. The second-order valence-corrected chi connectivity index (χ2v) is 4.59. The second-order valence-electron chi connectivity index (χ2n) is 4.27. The Morgan fingerprint density at radius 3 is 2.00 bits per heavy atom. The molecule has 0 saturated heterocycles. The molecule has 0 aliphatic heterocycles. The summed E-state index contributed by atoms with van der Waals surface area (Å²) >= 11 is 5.70. The monoisotopic (exact) mass is 259 g/mol. The molecule has 0 N–H and O–H groups in total. The minimum atomic E-state index is -0.508. The van der Waals surface area contributed by atoms with Gasteiger partial charge in [0.2, 0.25) is 0 Å². The van der Waals surface area contributed by atoms with Crippen LogP contribution in [0.1, 0.15) is 11.1 Å². The third-order valence-electron chi connectivity index (χ3n) is 2.65. The van der Waals surface area contributed by atoms with Crippen molar-refractivity contribution >= 4 is 28.3 Å². The number of benzene rings is 2. The lowest BCUT2D eigenvalue weighted by atomic mass is 10.1. The predicted molar refractivity (Wildman–Crippen MR) is 75.7 cm³/mol. The van der Waals surface area contributed by atoms with Gasteiger partial charge in [-0.05, 0) is 60.8 Å². The number of halogens is 1. The highest BCUT2D eigenvalue weighted by Gasteiger charge is 2.15. The highest BCUT2D eigenvalue weighted by atomic mass is 35.5. The fourth-order valence-electron chi connectivity index (χ4n) is 2.01. The summed E-state index contributed by atoms with van der Waals surface area (Å²) in [6.45, 7) is 4.00. The maximum absolute atomic E-state index is 11.7. The van der Waals surface area contributed by atoms with Gasteiger partial charge in [0.05, 0.1) is 11.4 Å². The van der Waals surface area contributed by atoms with Crippen LogP contribution in [-0.4, -0.2) is 5.37 Å². The molecule has 2 aromatic rings. The van der Waals surface area contributed by atoms with Gasteiger partial charge in [-0.1, -0.05) is 24.3 Å². The Morgan fingerprint density at radius 2 is 1.50 bits per heavy atom. The number of nitrogens with zero attached hydrogens (tertiary/aromatic N) is 1. The van der Waals surface area contributed by atoms with Gasteiger partial charge in [-0.25, -0.2) is 0 Å². The first kappa shape index (κ1) is 12.7. The van der Waals surface area contributed by atoms with Crippen molar-refractivity contribution in [1.82, 2.24) is 0 Å². The van der Waals surface area contributed by atoms with Gasteiger partial charge in [-0.3, -0.25) is 9.69 Å². The van der Waals surface area contributed by atoms with Crippen molar-refractivity contribution in [3.8, 4) is 0 Å². The van der Waals surface area contributed by atoms with Gasteiger partial charge in [0.25, 0.3) is 0 Å². The van der Waals surface area contributed by atoms with Crippen molar-refractivity contribution in [2.75, 3.05) is 4.90 Å². The number of hydrogen-bond donors (Lipinski definition) is 0. The molecule has 0 atom stereocenters. The Kier molecular flexibility index (Phi) is 3.68. The second kappa shape index (κ2) is 5.23. The summed E-state index contributed by atoms with van der Waals surface area (Å²) < 4.78 is 0. The standard InChI is InChI=1S/C15H14ClNO/c1-11-8-12(2)10-14(9-11)17(15(16)18)13-6-4-3-5-7-13/h3-10H,1-2H3. The SMILES string of the molecule is Cc1cc(C)cc(N(C(=O)Cl)c2ccccc2)c1. The molecule has 92 valence electrons. The zero-order valence-corrected chi connectivity index (χ0v) is 11.1. The number of para-hydroxylation sites is 1.